The number of allylic oxidation sites excluding steroid dienone is 5. The molecule has 1 amide bonds. The predicted octanol–water partition coefficient (Wildman–Crippen LogP) is 20.0. The van der Waals surface area contributed by atoms with E-state index in [1.807, 2.05) is 6.08 Å². The van der Waals surface area contributed by atoms with Crippen LogP contribution in [0.15, 0.2) is 36.5 Å². The SMILES string of the molecule is CCCCCCCCCCCCCCC/C=C/C(O)C(CO)NC(=O)CCCCCCCCCCC/C=C\C/C=C\CCCCCCCCCCCOC(=O)CCCCCCCCCCCCCCCC. The molecule has 0 saturated heterocycles. The van der Waals surface area contributed by atoms with Crippen molar-refractivity contribution in [1.82, 2.24) is 5.32 Å². The number of carbonyl (C=O) groups excluding carboxylic acids is 2. The Bertz CT molecular complexity index is 1150. The minimum absolute atomic E-state index is 0.0109. The summed E-state index contributed by atoms with van der Waals surface area (Å²) in [6, 6.07) is -0.632. The highest BCUT2D eigenvalue weighted by atomic mass is 16.5. The van der Waals surface area contributed by atoms with Crippen LogP contribution in [0.1, 0.15) is 341 Å². The highest BCUT2D eigenvalue weighted by Gasteiger charge is 2.18. The van der Waals surface area contributed by atoms with Crippen LogP contribution in [0, 0.1) is 0 Å². The molecule has 0 aromatic carbocycles. The maximum Gasteiger partial charge on any atom is 0.305 e. The number of unbranched alkanes of at least 4 members (excludes halogenated alkanes) is 44. The van der Waals surface area contributed by atoms with Crippen molar-refractivity contribution in [3.8, 4) is 0 Å². The van der Waals surface area contributed by atoms with Gasteiger partial charge < -0.3 is 20.3 Å². The third-order valence-corrected chi connectivity index (χ3v) is 14.7. The second-order valence-corrected chi connectivity index (χ2v) is 21.7. The molecule has 2 atom stereocenters. The summed E-state index contributed by atoms with van der Waals surface area (Å²) in [6.07, 6.45) is 76.2. The summed E-state index contributed by atoms with van der Waals surface area (Å²) in [7, 11) is 0. The second-order valence-electron chi connectivity index (χ2n) is 21.7. The van der Waals surface area contributed by atoms with Gasteiger partial charge in [-0.05, 0) is 64.2 Å². The smallest absolute Gasteiger partial charge is 0.305 e. The van der Waals surface area contributed by atoms with Gasteiger partial charge in [-0.15, -0.1) is 0 Å². The van der Waals surface area contributed by atoms with Crippen LogP contribution in [0.3, 0.4) is 0 Å². The van der Waals surface area contributed by atoms with Gasteiger partial charge in [-0.3, -0.25) is 9.59 Å². The molecule has 0 saturated carbocycles. The van der Waals surface area contributed by atoms with Crippen LogP contribution in [-0.4, -0.2) is 47.4 Å². The van der Waals surface area contributed by atoms with E-state index < -0.39 is 12.1 Å². The Kier molecular flexibility index (Phi) is 59.0. The van der Waals surface area contributed by atoms with Crippen LogP contribution >= 0.6 is 0 Å². The summed E-state index contributed by atoms with van der Waals surface area (Å²) >= 11 is 0. The van der Waals surface area contributed by atoms with Crippen LogP contribution in [0.2, 0.25) is 0 Å². The number of aliphatic hydroxyl groups excluding tert-OH is 2. The molecule has 0 aliphatic rings. The molecule has 0 aromatic heterocycles. The van der Waals surface area contributed by atoms with Crippen LogP contribution in [0.4, 0.5) is 0 Å². The number of ether oxygens (including phenoxy) is 1. The number of amides is 1. The number of hydrogen-bond donors (Lipinski definition) is 3. The van der Waals surface area contributed by atoms with Crippen molar-refractivity contribution in [3.05, 3.63) is 36.5 Å². The maximum atomic E-state index is 12.5. The molecule has 0 aromatic rings. The maximum absolute atomic E-state index is 12.5. The van der Waals surface area contributed by atoms with Gasteiger partial charge in [0.2, 0.25) is 5.91 Å². The van der Waals surface area contributed by atoms with Gasteiger partial charge in [0, 0.05) is 12.8 Å². The Balaban J connectivity index is 3.45. The van der Waals surface area contributed by atoms with Crippen LogP contribution < -0.4 is 5.32 Å². The van der Waals surface area contributed by atoms with Crippen LogP contribution in [0.5, 0.6) is 0 Å². The fraction of sp³-hybridized carbons (Fsp3) is 0.877. The molecule has 0 rings (SSSR count). The van der Waals surface area contributed by atoms with Crippen molar-refractivity contribution in [2.75, 3.05) is 13.2 Å². The summed E-state index contributed by atoms with van der Waals surface area (Å²) in [6.45, 7) is 4.91. The Morgan fingerprint density at radius 1 is 0.394 bits per heavy atom. The standard InChI is InChI=1S/C65H123NO5/c1-3-5-7-9-11-13-15-17-30-33-37-41-45-49-53-57-63(68)62(61-67)66-64(69)58-54-50-46-42-38-34-31-28-26-24-22-20-19-21-23-25-27-29-32-36-40-44-48-52-56-60-71-65(70)59-55-51-47-43-39-35-18-16-14-12-10-8-6-4-2/h20-23,53,57,62-63,67-68H,3-19,24-52,54-56,58-61H2,1-2H3,(H,66,69)/b22-20-,23-21-,57-53+. The zero-order chi connectivity index (χ0) is 51.4. The second kappa shape index (κ2) is 60.6. The van der Waals surface area contributed by atoms with Gasteiger partial charge in [0.15, 0.2) is 0 Å². The number of carbonyl (C=O) groups is 2. The topological polar surface area (TPSA) is 95.9 Å². The number of rotatable bonds is 59. The highest BCUT2D eigenvalue weighted by Crippen LogP contribution is 2.17. The Hall–Kier alpha value is -1.92. The van der Waals surface area contributed by atoms with Gasteiger partial charge in [-0.1, -0.05) is 301 Å². The molecule has 0 aliphatic carbocycles. The molecule has 0 aliphatic heterocycles. The molecular weight excluding hydrogens is 875 g/mol. The number of aliphatic hydroxyl groups is 2. The molecule has 0 bridgehead atoms. The fourth-order valence-corrected chi connectivity index (χ4v) is 9.78. The minimum atomic E-state index is -0.848. The van der Waals surface area contributed by atoms with E-state index in [4.69, 9.17) is 4.74 Å². The number of esters is 1. The van der Waals surface area contributed by atoms with Crippen molar-refractivity contribution >= 4 is 11.9 Å². The molecule has 6 heteroatoms. The molecule has 0 spiro atoms. The van der Waals surface area contributed by atoms with Crippen molar-refractivity contribution in [3.63, 3.8) is 0 Å². The van der Waals surface area contributed by atoms with E-state index in [-0.39, 0.29) is 18.5 Å². The lowest BCUT2D eigenvalue weighted by Crippen LogP contribution is -2.45. The average Bonchev–Trinajstić information content (AvgIpc) is 3.37. The quantitative estimate of drug-likeness (QED) is 0.0321. The largest absolute Gasteiger partial charge is 0.466 e. The van der Waals surface area contributed by atoms with Crippen molar-refractivity contribution < 1.29 is 24.5 Å². The lowest BCUT2D eigenvalue weighted by molar-refractivity contribution is -0.143. The van der Waals surface area contributed by atoms with Gasteiger partial charge in [-0.2, -0.15) is 0 Å². The molecule has 3 N–H and O–H groups in total. The number of hydrogen-bond acceptors (Lipinski definition) is 5. The molecule has 0 radical (unpaired) electrons. The zero-order valence-corrected chi connectivity index (χ0v) is 47.7. The van der Waals surface area contributed by atoms with E-state index in [0.717, 1.165) is 44.9 Å². The van der Waals surface area contributed by atoms with Crippen molar-refractivity contribution in [1.29, 1.82) is 0 Å². The van der Waals surface area contributed by atoms with Gasteiger partial charge in [-0.25, -0.2) is 0 Å². The van der Waals surface area contributed by atoms with E-state index in [9.17, 15) is 19.8 Å². The van der Waals surface area contributed by atoms with Crippen LogP contribution in [0.25, 0.3) is 0 Å². The summed E-state index contributed by atoms with van der Waals surface area (Å²) in [5.41, 5.74) is 0. The van der Waals surface area contributed by atoms with E-state index in [1.165, 1.54) is 270 Å². The predicted molar refractivity (Wildman–Crippen MR) is 310 cm³/mol. The van der Waals surface area contributed by atoms with Gasteiger partial charge >= 0.3 is 5.97 Å². The lowest BCUT2D eigenvalue weighted by atomic mass is 10.0. The Morgan fingerprint density at radius 2 is 0.704 bits per heavy atom. The molecule has 71 heavy (non-hydrogen) atoms. The van der Waals surface area contributed by atoms with Gasteiger partial charge in [0.1, 0.15) is 0 Å². The summed E-state index contributed by atoms with van der Waals surface area (Å²) in [5.74, 6) is -0.0620. The van der Waals surface area contributed by atoms with Gasteiger partial charge in [0.05, 0.1) is 25.4 Å². The Labute approximate surface area is 443 Å². The fourth-order valence-electron chi connectivity index (χ4n) is 9.78. The molecule has 0 heterocycles. The zero-order valence-electron chi connectivity index (χ0n) is 47.7. The third-order valence-electron chi connectivity index (χ3n) is 14.7. The monoisotopic (exact) mass is 998 g/mol. The molecule has 418 valence electrons. The van der Waals surface area contributed by atoms with Gasteiger partial charge in [0.25, 0.3) is 0 Å². The molecular formula is C65H123NO5. The lowest BCUT2D eigenvalue weighted by Gasteiger charge is -2.20. The van der Waals surface area contributed by atoms with E-state index in [2.05, 4.69) is 43.5 Å². The van der Waals surface area contributed by atoms with Crippen molar-refractivity contribution in [2.24, 2.45) is 0 Å². The first-order valence-electron chi connectivity index (χ1n) is 31.8. The first-order chi connectivity index (χ1) is 35.0. The summed E-state index contributed by atoms with van der Waals surface area (Å²) in [5, 5.41) is 23.1. The van der Waals surface area contributed by atoms with E-state index in [0.29, 0.717) is 19.4 Å². The van der Waals surface area contributed by atoms with E-state index >= 15 is 0 Å². The first-order valence-corrected chi connectivity index (χ1v) is 31.8. The summed E-state index contributed by atoms with van der Waals surface area (Å²) in [4.78, 5) is 24.5. The van der Waals surface area contributed by atoms with Crippen molar-refractivity contribution in [2.45, 2.75) is 353 Å². The molecule has 0 fully saturated rings. The highest BCUT2D eigenvalue weighted by molar-refractivity contribution is 5.76. The average molecular weight is 999 g/mol. The first kappa shape index (κ1) is 69.1. The third kappa shape index (κ3) is 57.2. The van der Waals surface area contributed by atoms with E-state index in [1.54, 1.807) is 6.08 Å². The molecule has 6 nitrogen and oxygen atoms in total. The van der Waals surface area contributed by atoms with Crippen LogP contribution in [-0.2, 0) is 14.3 Å². The Morgan fingerprint density at radius 3 is 1.07 bits per heavy atom. The summed E-state index contributed by atoms with van der Waals surface area (Å²) < 4.78 is 5.48. The normalized spacial score (nSPS) is 12.8. The molecule has 2 unspecified atom stereocenters. The minimum Gasteiger partial charge on any atom is -0.466 e. The number of nitrogens with one attached hydrogen (secondary N) is 1.